The molecule has 30 heavy (non-hydrogen) atoms. The highest BCUT2D eigenvalue weighted by molar-refractivity contribution is 9.10. The second-order valence-electron chi connectivity index (χ2n) is 7.40. The molecule has 2 N–H and O–H groups in total. The number of nitrogen functional groups attached to an aromatic ring is 1. The lowest BCUT2D eigenvalue weighted by Gasteiger charge is -2.15. The quantitative estimate of drug-likeness (QED) is 0.231. The number of rotatable bonds is 2. The molecule has 0 aliphatic rings. The van der Waals surface area contributed by atoms with Crippen LogP contribution in [0.1, 0.15) is 5.56 Å². The molecule has 0 fully saturated rings. The predicted octanol–water partition coefficient (Wildman–Crippen LogP) is 6.93. The third kappa shape index (κ3) is 3.01. The fourth-order valence-corrected chi connectivity index (χ4v) is 4.30. The Morgan fingerprint density at radius 3 is 2.37 bits per heavy atom. The Morgan fingerprint density at radius 1 is 0.833 bits per heavy atom. The van der Waals surface area contributed by atoms with Crippen molar-refractivity contribution in [2.75, 3.05) is 5.73 Å². The Bertz CT molecular complexity index is 1490. The molecule has 5 aromatic rings. The van der Waals surface area contributed by atoms with Gasteiger partial charge in [-0.05, 0) is 48.4 Å². The van der Waals surface area contributed by atoms with Crippen molar-refractivity contribution in [2.24, 2.45) is 0 Å². The van der Waals surface area contributed by atoms with Gasteiger partial charge in [0.15, 0.2) is 0 Å². The summed E-state index contributed by atoms with van der Waals surface area (Å²) >= 11 is 3.53. The predicted molar refractivity (Wildman–Crippen MR) is 128 cm³/mol. The van der Waals surface area contributed by atoms with Gasteiger partial charge in [-0.1, -0.05) is 70.0 Å². The summed E-state index contributed by atoms with van der Waals surface area (Å²) in [4.78, 5) is 13.5. The lowest BCUT2D eigenvalue weighted by atomic mass is 9.93. The summed E-state index contributed by atoms with van der Waals surface area (Å²) in [5.41, 5.74) is 12.7. The highest BCUT2D eigenvalue weighted by Crippen LogP contribution is 2.41. The van der Waals surface area contributed by atoms with E-state index in [9.17, 15) is 4.79 Å². The molecule has 4 aromatic carbocycles. The Hall–Kier alpha value is -3.37. The van der Waals surface area contributed by atoms with E-state index < -0.39 is 0 Å². The van der Waals surface area contributed by atoms with Crippen LogP contribution in [0.5, 0.6) is 0 Å². The van der Waals surface area contributed by atoms with Crippen molar-refractivity contribution in [2.45, 2.75) is 6.92 Å². The van der Waals surface area contributed by atoms with Gasteiger partial charge in [0.05, 0.1) is 16.5 Å². The van der Waals surface area contributed by atoms with E-state index in [2.05, 4.69) is 15.9 Å². The smallest absolute Gasteiger partial charge is 0.200 e. The van der Waals surface area contributed by atoms with E-state index in [4.69, 9.17) is 10.2 Å². The summed E-state index contributed by atoms with van der Waals surface area (Å²) in [7, 11) is 0. The van der Waals surface area contributed by atoms with Crippen molar-refractivity contribution in [3.05, 3.63) is 99.1 Å². The van der Waals surface area contributed by atoms with Crippen LogP contribution in [0.3, 0.4) is 0 Å². The first-order valence-electron chi connectivity index (χ1n) is 9.64. The number of halogens is 1. The number of fused-ring (bicyclic) bond motifs is 2. The van der Waals surface area contributed by atoms with Crippen molar-refractivity contribution in [3.63, 3.8) is 0 Å². The van der Waals surface area contributed by atoms with Crippen LogP contribution >= 0.6 is 15.9 Å². The molecule has 3 nitrogen and oxygen atoms in total. The maximum atomic E-state index is 13.5. The molecule has 5 rings (SSSR count). The molecular weight excluding hydrogens is 438 g/mol. The average molecular weight is 456 g/mol. The molecule has 0 amide bonds. The number of nitrogens with two attached hydrogens (primary N) is 1. The summed E-state index contributed by atoms with van der Waals surface area (Å²) in [6.45, 7) is 1.97. The minimum atomic E-state index is -0.0524. The van der Waals surface area contributed by atoms with Crippen molar-refractivity contribution in [1.29, 1.82) is 0 Å². The van der Waals surface area contributed by atoms with Crippen molar-refractivity contribution < 1.29 is 4.42 Å². The monoisotopic (exact) mass is 455 g/mol. The molecule has 0 bridgehead atoms. The normalized spacial score (nSPS) is 11.3. The number of benzene rings is 4. The molecular formula is C26H18BrNO2. The zero-order valence-electron chi connectivity index (χ0n) is 16.3. The lowest BCUT2D eigenvalue weighted by Crippen LogP contribution is -2.06. The van der Waals surface area contributed by atoms with Gasteiger partial charge in [0.2, 0.25) is 5.43 Å². The van der Waals surface area contributed by atoms with Crippen LogP contribution in [0.25, 0.3) is 44.2 Å². The van der Waals surface area contributed by atoms with Gasteiger partial charge in [-0.3, -0.25) is 4.79 Å². The Labute approximate surface area is 181 Å². The molecule has 4 heteroatoms. The maximum Gasteiger partial charge on any atom is 0.200 e. The van der Waals surface area contributed by atoms with E-state index in [0.29, 0.717) is 27.6 Å². The molecule has 0 saturated carbocycles. The van der Waals surface area contributed by atoms with E-state index in [1.807, 2.05) is 85.8 Å². The minimum Gasteiger partial charge on any atom is -0.455 e. The SMILES string of the molecule is Cc1ccc2oc3c(-c4ccccc4)c(N)c(-c4cccc(Br)c4)cc3c(=O)c2c1. The molecule has 146 valence electrons. The van der Waals surface area contributed by atoms with Crippen molar-refractivity contribution in [3.8, 4) is 22.3 Å². The second-order valence-corrected chi connectivity index (χ2v) is 8.31. The van der Waals surface area contributed by atoms with Gasteiger partial charge in [-0.2, -0.15) is 0 Å². The van der Waals surface area contributed by atoms with E-state index >= 15 is 0 Å². The molecule has 0 aliphatic heterocycles. The minimum absolute atomic E-state index is 0.0524. The zero-order valence-corrected chi connectivity index (χ0v) is 17.9. The fourth-order valence-electron chi connectivity index (χ4n) is 3.91. The molecule has 0 radical (unpaired) electrons. The van der Waals surface area contributed by atoms with Crippen LogP contribution < -0.4 is 11.2 Å². The van der Waals surface area contributed by atoms with E-state index in [-0.39, 0.29) is 5.43 Å². The number of anilines is 1. The first-order valence-corrected chi connectivity index (χ1v) is 10.4. The molecule has 0 spiro atoms. The van der Waals surface area contributed by atoms with E-state index in [1.54, 1.807) is 0 Å². The van der Waals surface area contributed by atoms with Crippen molar-refractivity contribution >= 4 is 43.6 Å². The van der Waals surface area contributed by atoms with Gasteiger partial charge in [0, 0.05) is 15.6 Å². The van der Waals surface area contributed by atoms with Crippen molar-refractivity contribution in [1.82, 2.24) is 0 Å². The highest BCUT2D eigenvalue weighted by Gasteiger charge is 2.19. The number of hydrogen-bond donors (Lipinski definition) is 1. The second kappa shape index (κ2) is 7.15. The van der Waals surface area contributed by atoms with Crippen LogP contribution in [-0.2, 0) is 0 Å². The summed E-state index contributed by atoms with van der Waals surface area (Å²) in [6.07, 6.45) is 0. The standard InChI is InChI=1S/C26H18BrNO2/c1-15-10-11-22-20(12-15)25(29)21-14-19(17-8-5-9-18(27)13-17)24(28)23(26(21)30-22)16-6-3-2-4-7-16/h2-14H,28H2,1H3. The summed E-state index contributed by atoms with van der Waals surface area (Å²) < 4.78 is 7.22. The van der Waals surface area contributed by atoms with E-state index in [1.165, 1.54) is 0 Å². The van der Waals surface area contributed by atoms with Gasteiger partial charge < -0.3 is 10.2 Å². The molecule has 0 aliphatic carbocycles. The van der Waals surface area contributed by atoms with Gasteiger partial charge in [0.1, 0.15) is 11.2 Å². The topological polar surface area (TPSA) is 56.2 Å². The van der Waals surface area contributed by atoms with Crippen LogP contribution in [0.15, 0.2) is 92.5 Å². The first-order chi connectivity index (χ1) is 14.5. The maximum absolute atomic E-state index is 13.5. The zero-order chi connectivity index (χ0) is 20.8. The fraction of sp³-hybridized carbons (Fsp3) is 0.0385. The highest BCUT2D eigenvalue weighted by atomic mass is 79.9. The van der Waals surface area contributed by atoms with Gasteiger partial charge in [0.25, 0.3) is 0 Å². The molecule has 0 unspecified atom stereocenters. The molecule has 0 saturated heterocycles. The van der Waals surface area contributed by atoms with Crippen LogP contribution in [0.4, 0.5) is 5.69 Å². The van der Waals surface area contributed by atoms with Gasteiger partial charge >= 0.3 is 0 Å². The van der Waals surface area contributed by atoms with Gasteiger partial charge in [-0.25, -0.2) is 0 Å². The third-order valence-corrected chi connectivity index (χ3v) is 5.85. The Morgan fingerprint density at radius 2 is 1.60 bits per heavy atom. The molecule has 1 aromatic heterocycles. The Kier molecular flexibility index (Phi) is 4.44. The largest absolute Gasteiger partial charge is 0.455 e. The lowest BCUT2D eigenvalue weighted by molar-refractivity contribution is 0.661. The third-order valence-electron chi connectivity index (χ3n) is 5.35. The number of aryl methyl sites for hydroxylation is 1. The van der Waals surface area contributed by atoms with E-state index in [0.717, 1.165) is 32.3 Å². The summed E-state index contributed by atoms with van der Waals surface area (Å²) in [5.74, 6) is 0. The summed E-state index contributed by atoms with van der Waals surface area (Å²) in [6, 6.07) is 25.2. The number of hydrogen-bond acceptors (Lipinski definition) is 3. The average Bonchev–Trinajstić information content (AvgIpc) is 2.75. The summed E-state index contributed by atoms with van der Waals surface area (Å²) in [5, 5.41) is 1.10. The van der Waals surface area contributed by atoms with Crippen LogP contribution in [0, 0.1) is 6.92 Å². The van der Waals surface area contributed by atoms with Crippen LogP contribution in [-0.4, -0.2) is 0 Å². The molecule has 1 heterocycles. The van der Waals surface area contributed by atoms with Crippen LogP contribution in [0.2, 0.25) is 0 Å². The molecule has 0 atom stereocenters. The van der Waals surface area contributed by atoms with Gasteiger partial charge in [-0.15, -0.1) is 0 Å². The first kappa shape index (κ1) is 18.6. The Balaban J connectivity index is 1.98.